The van der Waals surface area contributed by atoms with Gasteiger partial charge in [-0.15, -0.1) is 0 Å². The van der Waals surface area contributed by atoms with E-state index in [4.69, 9.17) is 18.6 Å². The number of rotatable bonds is 7. The van der Waals surface area contributed by atoms with Gasteiger partial charge in [-0.3, -0.25) is 14.5 Å². The van der Waals surface area contributed by atoms with E-state index < -0.39 is 18.1 Å². The van der Waals surface area contributed by atoms with E-state index in [1.54, 1.807) is 55.6 Å². The van der Waals surface area contributed by atoms with Gasteiger partial charge in [0.25, 0.3) is 11.8 Å². The number of amides is 2. The summed E-state index contributed by atoms with van der Waals surface area (Å²) in [6, 6.07) is 16.7. The fourth-order valence-corrected chi connectivity index (χ4v) is 4.79. The molecule has 1 saturated carbocycles. The normalized spacial score (nSPS) is 18.2. The van der Waals surface area contributed by atoms with Gasteiger partial charge >= 0.3 is 0 Å². The third kappa shape index (κ3) is 5.03. The number of furan rings is 1. The minimum absolute atomic E-state index is 0.0254. The van der Waals surface area contributed by atoms with Gasteiger partial charge in [0.05, 0.1) is 13.4 Å². The summed E-state index contributed by atoms with van der Waals surface area (Å²) in [5.41, 5.74) is 0.517. The molecule has 3 aromatic rings. The van der Waals surface area contributed by atoms with E-state index in [-0.39, 0.29) is 18.6 Å². The van der Waals surface area contributed by atoms with Crippen molar-refractivity contribution in [3.63, 3.8) is 0 Å². The number of methoxy groups -OCH3 is 1. The van der Waals surface area contributed by atoms with Gasteiger partial charge in [0.15, 0.2) is 17.5 Å². The predicted molar refractivity (Wildman–Crippen MR) is 133 cm³/mol. The van der Waals surface area contributed by atoms with Crippen LogP contribution in [0.4, 0.5) is 5.69 Å². The average molecular weight is 491 g/mol. The minimum atomic E-state index is -1.02. The Bertz CT molecular complexity index is 1170. The first-order chi connectivity index (χ1) is 17.6. The molecule has 0 saturated heterocycles. The smallest absolute Gasteiger partial charge is 0.272 e. The third-order valence-electron chi connectivity index (χ3n) is 6.64. The molecule has 2 aromatic carbocycles. The Balaban J connectivity index is 1.50. The number of carbonyl (C=O) groups is 2. The van der Waals surface area contributed by atoms with Gasteiger partial charge in [-0.05, 0) is 61.4 Å². The van der Waals surface area contributed by atoms with Crippen LogP contribution in [0.2, 0.25) is 0 Å². The second kappa shape index (κ2) is 10.8. The van der Waals surface area contributed by atoms with Crippen molar-refractivity contribution >= 4 is 17.5 Å². The Morgan fingerprint density at radius 1 is 0.972 bits per heavy atom. The summed E-state index contributed by atoms with van der Waals surface area (Å²) in [5, 5.41) is 3.16. The molecule has 0 bridgehead atoms. The van der Waals surface area contributed by atoms with E-state index in [9.17, 15) is 9.59 Å². The number of benzene rings is 2. The maximum atomic E-state index is 14.1. The Morgan fingerprint density at radius 3 is 2.42 bits per heavy atom. The van der Waals surface area contributed by atoms with Crippen LogP contribution in [0.3, 0.4) is 0 Å². The molecule has 1 fully saturated rings. The van der Waals surface area contributed by atoms with E-state index in [0.29, 0.717) is 28.7 Å². The molecule has 2 amide bonds. The van der Waals surface area contributed by atoms with Gasteiger partial charge < -0.3 is 23.9 Å². The van der Waals surface area contributed by atoms with Crippen LogP contribution in [0, 0.1) is 0 Å². The highest BCUT2D eigenvalue weighted by Gasteiger charge is 2.41. The molecule has 5 rings (SSSR count). The van der Waals surface area contributed by atoms with Crippen LogP contribution in [-0.4, -0.2) is 37.7 Å². The maximum absolute atomic E-state index is 14.1. The van der Waals surface area contributed by atoms with Crippen LogP contribution < -0.4 is 24.4 Å². The number of hydrogen-bond donors (Lipinski definition) is 1. The van der Waals surface area contributed by atoms with Gasteiger partial charge in [-0.1, -0.05) is 31.4 Å². The van der Waals surface area contributed by atoms with Crippen molar-refractivity contribution in [1.82, 2.24) is 5.32 Å². The molecule has 1 aromatic heterocycles. The van der Waals surface area contributed by atoms with Crippen molar-refractivity contribution in [2.45, 2.75) is 50.3 Å². The summed E-state index contributed by atoms with van der Waals surface area (Å²) in [4.78, 5) is 29.3. The predicted octanol–water partition coefficient (Wildman–Crippen LogP) is 4.65. The number of fused-ring (bicyclic) bond motifs is 1. The van der Waals surface area contributed by atoms with Gasteiger partial charge in [0.2, 0.25) is 6.10 Å². The molecule has 188 valence electrons. The van der Waals surface area contributed by atoms with Gasteiger partial charge in [0.1, 0.15) is 18.1 Å². The van der Waals surface area contributed by atoms with Crippen molar-refractivity contribution in [3.8, 4) is 17.2 Å². The molecule has 8 heteroatoms. The summed E-state index contributed by atoms with van der Waals surface area (Å²) in [7, 11) is 1.58. The highest BCUT2D eigenvalue weighted by atomic mass is 16.6. The lowest BCUT2D eigenvalue weighted by Gasteiger charge is -2.35. The van der Waals surface area contributed by atoms with Gasteiger partial charge in [-0.25, -0.2) is 0 Å². The van der Waals surface area contributed by atoms with Crippen LogP contribution in [-0.2, 0) is 9.59 Å². The standard InChI is InChI=1S/C28H30N2O6/c1-33-21-15-13-20(14-16-21)30(28(32)25-18-35-22-10-5-6-11-23(22)36-25)26(24-12-7-17-34-24)27(31)29-19-8-3-2-4-9-19/h5-7,10-17,19,25-26H,2-4,8-9,18H2,1H3,(H,29,31). The Hall–Kier alpha value is -3.94. The molecule has 1 aliphatic carbocycles. The van der Waals surface area contributed by atoms with Crippen molar-refractivity contribution in [3.05, 3.63) is 72.7 Å². The molecule has 0 radical (unpaired) electrons. The molecule has 2 heterocycles. The highest BCUT2D eigenvalue weighted by molar-refractivity contribution is 6.03. The number of para-hydroxylation sites is 2. The summed E-state index contributed by atoms with van der Waals surface area (Å²) in [5.74, 6) is 1.37. The molecule has 2 unspecified atom stereocenters. The van der Waals surface area contributed by atoms with Crippen molar-refractivity contribution in [2.24, 2.45) is 0 Å². The van der Waals surface area contributed by atoms with Crippen molar-refractivity contribution in [1.29, 1.82) is 0 Å². The van der Waals surface area contributed by atoms with E-state index in [1.165, 1.54) is 17.6 Å². The van der Waals surface area contributed by atoms with Gasteiger partial charge in [0, 0.05) is 11.7 Å². The number of nitrogens with one attached hydrogen (secondary N) is 1. The van der Waals surface area contributed by atoms with Crippen LogP contribution in [0.1, 0.15) is 43.9 Å². The first kappa shape index (κ1) is 23.8. The fraction of sp³-hybridized carbons (Fsp3) is 0.357. The van der Waals surface area contributed by atoms with E-state index in [2.05, 4.69) is 5.32 Å². The summed E-state index contributed by atoms with van der Waals surface area (Å²) in [6.45, 7) is 0.0254. The number of ether oxygens (including phenoxy) is 3. The molecule has 36 heavy (non-hydrogen) atoms. The largest absolute Gasteiger partial charge is 0.497 e. The van der Waals surface area contributed by atoms with Crippen LogP contribution in [0.25, 0.3) is 0 Å². The van der Waals surface area contributed by atoms with Gasteiger partial charge in [-0.2, -0.15) is 0 Å². The zero-order valence-corrected chi connectivity index (χ0v) is 20.2. The molecule has 1 aliphatic heterocycles. The number of carbonyl (C=O) groups excluding carboxylic acids is 2. The Kier molecular flexibility index (Phi) is 7.11. The Morgan fingerprint density at radius 2 is 1.72 bits per heavy atom. The lowest BCUT2D eigenvalue weighted by molar-refractivity contribution is -0.132. The molecule has 2 aliphatic rings. The minimum Gasteiger partial charge on any atom is -0.497 e. The molecule has 8 nitrogen and oxygen atoms in total. The summed E-state index contributed by atoms with van der Waals surface area (Å²) < 4.78 is 22.8. The SMILES string of the molecule is COc1ccc(N(C(=O)C2COc3ccccc3O2)C(C(=O)NC2CCCCC2)c2ccco2)cc1. The topological polar surface area (TPSA) is 90.2 Å². The molecule has 2 atom stereocenters. The van der Waals surface area contributed by atoms with Crippen molar-refractivity contribution in [2.75, 3.05) is 18.6 Å². The first-order valence-corrected chi connectivity index (χ1v) is 12.3. The number of nitrogens with zero attached hydrogens (tertiary/aromatic N) is 1. The lowest BCUT2D eigenvalue weighted by atomic mass is 9.95. The van der Waals surface area contributed by atoms with Crippen LogP contribution >= 0.6 is 0 Å². The fourth-order valence-electron chi connectivity index (χ4n) is 4.79. The van der Waals surface area contributed by atoms with E-state index >= 15 is 0 Å². The van der Waals surface area contributed by atoms with E-state index in [1.807, 2.05) is 12.1 Å². The number of anilines is 1. The molecular weight excluding hydrogens is 460 g/mol. The van der Waals surface area contributed by atoms with Crippen molar-refractivity contribution < 1.29 is 28.2 Å². The quantitative estimate of drug-likeness (QED) is 0.519. The third-order valence-corrected chi connectivity index (χ3v) is 6.64. The summed E-state index contributed by atoms with van der Waals surface area (Å²) in [6.07, 6.45) is 5.72. The first-order valence-electron chi connectivity index (χ1n) is 12.3. The average Bonchev–Trinajstić information content (AvgIpc) is 3.46. The number of hydrogen-bond acceptors (Lipinski definition) is 6. The second-order valence-corrected chi connectivity index (χ2v) is 9.03. The molecule has 1 N–H and O–H groups in total. The lowest BCUT2D eigenvalue weighted by Crippen LogP contribution is -2.52. The monoisotopic (exact) mass is 490 g/mol. The molecular formula is C28H30N2O6. The van der Waals surface area contributed by atoms with Crippen LogP contribution in [0.15, 0.2) is 71.3 Å². The maximum Gasteiger partial charge on any atom is 0.272 e. The zero-order valence-electron chi connectivity index (χ0n) is 20.2. The van der Waals surface area contributed by atoms with E-state index in [0.717, 1.165) is 25.7 Å². The Labute approximate surface area is 210 Å². The highest BCUT2D eigenvalue weighted by Crippen LogP contribution is 2.35. The second-order valence-electron chi connectivity index (χ2n) is 9.03. The molecule has 0 spiro atoms. The zero-order chi connectivity index (χ0) is 24.9. The summed E-state index contributed by atoms with van der Waals surface area (Å²) >= 11 is 0. The van der Waals surface area contributed by atoms with Crippen LogP contribution in [0.5, 0.6) is 17.2 Å².